The molecule has 5 nitrogen and oxygen atoms in total. The van der Waals surface area contributed by atoms with E-state index in [0.717, 1.165) is 69.2 Å². The van der Waals surface area contributed by atoms with Crippen LogP contribution in [0.3, 0.4) is 0 Å². The van der Waals surface area contributed by atoms with E-state index in [1.807, 2.05) is 48.5 Å². The van der Waals surface area contributed by atoms with Crippen LogP contribution in [0.4, 0.5) is 11.4 Å². The molecule has 6 rings (SSSR count). The average Bonchev–Trinajstić information content (AvgIpc) is 2.95. The Hall–Kier alpha value is -4.90. The Morgan fingerprint density at radius 2 is 0.923 bits per heavy atom. The molecule has 4 aromatic carbocycles. The molecule has 0 radical (unpaired) electrons. The number of benzene rings is 4. The summed E-state index contributed by atoms with van der Waals surface area (Å²) in [7, 11) is 0. The first-order valence-corrected chi connectivity index (χ1v) is 13.2. The van der Waals surface area contributed by atoms with E-state index in [4.69, 9.17) is 16.2 Å². The van der Waals surface area contributed by atoms with Gasteiger partial charge in [-0.05, 0) is 60.7 Å². The second-order valence-electron chi connectivity index (χ2n) is 10.1. The molecule has 0 atom stereocenters. The summed E-state index contributed by atoms with van der Waals surface area (Å²) in [5.74, 6) is 1.62. The summed E-state index contributed by atoms with van der Waals surface area (Å²) in [5.41, 5.74) is 21.1. The summed E-state index contributed by atoms with van der Waals surface area (Å²) < 4.78 is 10.8. The minimum absolute atomic E-state index is 0.762. The van der Waals surface area contributed by atoms with Crippen molar-refractivity contribution < 1.29 is 13.9 Å². The van der Waals surface area contributed by atoms with Gasteiger partial charge in [0.25, 0.3) is 0 Å². The van der Waals surface area contributed by atoms with Crippen molar-refractivity contribution in [2.45, 2.75) is 26.9 Å². The zero-order valence-corrected chi connectivity index (χ0v) is 22.3. The van der Waals surface area contributed by atoms with Crippen LogP contribution in [0.15, 0.2) is 109 Å². The predicted octanol–water partition coefficient (Wildman–Crippen LogP) is 6.24. The van der Waals surface area contributed by atoms with Crippen LogP contribution in [0, 0.1) is 13.8 Å². The molecule has 4 N–H and O–H groups in total. The Morgan fingerprint density at radius 3 is 1.33 bits per heavy atom. The van der Waals surface area contributed by atoms with Crippen molar-refractivity contribution in [2.24, 2.45) is 0 Å². The van der Waals surface area contributed by atoms with E-state index < -0.39 is 0 Å². The van der Waals surface area contributed by atoms with Gasteiger partial charge in [0.2, 0.25) is 11.0 Å². The summed E-state index contributed by atoms with van der Waals surface area (Å²) in [4.78, 5) is 0. The van der Waals surface area contributed by atoms with Crippen LogP contribution < -0.4 is 25.3 Å². The van der Waals surface area contributed by atoms with Gasteiger partial charge in [-0.2, -0.15) is 9.13 Å². The lowest BCUT2D eigenvalue weighted by molar-refractivity contribution is -0.668. The number of nitrogen functional groups attached to an aromatic ring is 2. The Morgan fingerprint density at radius 1 is 0.538 bits per heavy atom. The summed E-state index contributed by atoms with van der Waals surface area (Å²) in [5, 5.41) is 2.15. The van der Waals surface area contributed by atoms with E-state index in [1.54, 1.807) is 0 Å². The zero-order valence-electron chi connectivity index (χ0n) is 22.3. The number of aryl methyl sites for hydroxylation is 2. The molecule has 0 amide bonds. The van der Waals surface area contributed by atoms with E-state index in [-0.39, 0.29) is 0 Å². The maximum absolute atomic E-state index is 6.26. The number of nitrogens with two attached hydrogens (primary N) is 2. The zero-order chi connectivity index (χ0) is 26.9. The van der Waals surface area contributed by atoms with E-state index in [2.05, 4.69) is 83.6 Å². The van der Waals surface area contributed by atoms with Crippen molar-refractivity contribution >= 4 is 33.2 Å². The molecule has 0 aliphatic carbocycles. The minimum Gasteiger partial charge on any atom is -0.457 e. The molecular weight excluding hydrogens is 480 g/mol. The minimum atomic E-state index is 0.762. The Bertz CT molecular complexity index is 1670. The maximum atomic E-state index is 6.26. The molecule has 0 bridgehead atoms. The van der Waals surface area contributed by atoms with Crippen LogP contribution in [-0.2, 0) is 13.1 Å². The van der Waals surface area contributed by atoms with Gasteiger partial charge in [0.05, 0.1) is 22.1 Å². The lowest BCUT2D eigenvalue weighted by atomic mass is 10.1. The molecule has 0 aliphatic heterocycles. The third-order valence-corrected chi connectivity index (χ3v) is 7.36. The molecule has 39 heavy (non-hydrogen) atoms. The lowest BCUT2D eigenvalue weighted by Crippen LogP contribution is -2.38. The van der Waals surface area contributed by atoms with Gasteiger partial charge >= 0.3 is 0 Å². The molecule has 0 spiro atoms. The number of anilines is 2. The average molecular weight is 513 g/mol. The molecule has 5 heteroatoms. The predicted molar refractivity (Wildman–Crippen MR) is 158 cm³/mol. The SMILES string of the molecule is Cc1cc(N)c2ccccc2[n+]1Cc1ccc(Oc2ccc(C[n+]3c(C)cc(N)c4ccccc43)cc2)cc1. The first kappa shape index (κ1) is 24.4. The quantitative estimate of drug-likeness (QED) is 0.260. The van der Waals surface area contributed by atoms with Gasteiger partial charge in [0, 0.05) is 49.2 Å². The smallest absolute Gasteiger partial charge is 0.215 e. The van der Waals surface area contributed by atoms with Gasteiger partial charge in [-0.3, -0.25) is 0 Å². The van der Waals surface area contributed by atoms with E-state index in [1.165, 1.54) is 11.1 Å². The van der Waals surface area contributed by atoms with Crippen LogP contribution >= 0.6 is 0 Å². The largest absolute Gasteiger partial charge is 0.457 e. The van der Waals surface area contributed by atoms with Crippen molar-refractivity contribution in [1.29, 1.82) is 0 Å². The van der Waals surface area contributed by atoms with Gasteiger partial charge in [-0.15, -0.1) is 0 Å². The van der Waals surface area contributed by atoms with Crippen molar-refractivity contribution in [3.05, 3.63) is 132 Å². The molecule has 0 saturated carbocycles. The van der Waals surface area contributed by atoms with E-state index >= 15 is 0 Å². The fraction of sp³-hybridized carbons (Fsp3) is 0.118. The lowest BCUT2D eigenvalue weighted by Gasteiger charge is -2.10. The summed E-state index contributed by atoms with van der Waals surface area (Å²) >= 11 is 0. The highest BCUT2D eigenvalue weighted by atomic mass is 16.5. The fourth-order valence-corrected chi connectivity index (χ4v) is 5.29. The molecule has 2 aromatic heterocycles. The Labute approximate surface area is 228 Å². The summed E-state index contributed by atoms with van der Waals surface area (Å²) in [6.45, 7) is 5.72. The van der Waals surface area contributed by atoms with Crippen molar-refractivity contribution in [2.75, 3.05) is 11.5 Å². The molecule has 0 unspecified atom stereocenters. The number of para-hydroxylation sites is 2. The van der Waals surface area contributed by atoms with Gasteiger partial charge in [0.15, 0.2) is 24.5 Å². The molecular formula is C34H32N4O+2. The van der Waals surface area contributed by atoms with Crippen LogP contribution in [-0.4, -0.2) is 0 Å². The van der Waals surface area contributed by atoms with Gasteiger partial charge in [-0.1, -0.05) is 24.3 Å². The standard InChI is InChI=1S/C34H30N4O/c1-23-19-31(35)29-7-3-5-9-33(29)37(23)21-25-11-15-27(16-12-25)39-28-17-13-26(14-18-28)22-38-24(2)20-32(36)30-8-4-6-10-34(30)38/h3-20,35-36H,21-22H2,1-2H3/p+2. The number of aromatic nitrogens is 2. The van der Waals surface area contributed by atoms with Crippen molar-refractivity contribution in [1.82, 2.24) is 0 Å². The second kappa shape index (κ2) is 10.1. The molecule has 0 aliphatic rings. The second-order valence-corrected chi connectivity index (χ2v) is 10.1. The van der Waals surface area contributed by atoms with Crippen LogP contribution in [0.25, 0.3) is 21.8 Å². The van der Waals surface area contributed by atoms with E-state index in [9.17, 15) is 0 Å². The van der Waals surface area contributed by atoms with Crippen LogP contribution in [0.5, 0.6) is 11.5 Å². The summed E-state index contributed by atoms with van der Waals surface area (Å²) in [6.07, 6.45) is 0. The number of rotatable bonds is 6. The summed E-state index contributed by atoms with van der Waals surface area (Å²) in [6, 6.07) is 37.2. The van der Waals surface area contributed by atoms with Gasteiger partial charge in [-0.25, -0.2) is 0 Å². The first-order valence-electron chi connectivity index (χ1n) is 13.2. The Kier molecular flexibility index (Phi) is 6.33. The monoisotopic (exact) mass is 512 g/mol. The third kappa shape index (κ3) is 4.87. The van der Waals surface area contributed by atoms with Crippen molar-refractivity contribution in [3.63, 3.8) is 0 Å². The molecule has 0 fully saturated rings. The Balaban J connectivity index is 1.17. The number of pyridine rings is 2. The number of ether oxygens (including phenoxy) is 1. The topological polar surface area (TPSA) is 69.0 Å². The highest BCUT2D eigenvalue weighted by molar-refractivity contribution is 5.88. The molecule has 6 aromatic rings. The van der Waals surface area contributed by atoms with Crippen LogP contribution in [0.1, 0.15) is 22.5 Å². The maximum Gasteiger partial charge on any atom is 0.215 e. The number of hydrogen-bond donors (Lipinski definition) is 2. The fourth-order valence-electron chi connectivity index (χ4n) is 5.29. The third-order valence-electron chi connectivity index (χ3n) is 7.36. The first-order chi connectivity index (χ1) is 19.0. The number of hydrogen-bond acceptors (Lipinski definition) is 3. The molecule has 192 valence electrons. The van der Waals surface area contributed by atoms with Crippen molar-refractivity contribution in [3.8, 4) is 11.5 Å². The molecule has 2 heterocycles. The van der Waals surface area contributed by atoms with Gasteiger partial charge in [0.1, 0.15) is 11.5 Å². The number of nitrogens with zero attached hydrogens (tertiary/aromatic N) is 2. The van der Waals surface area contributed by atoms with Gasteiger partial charge < -0.3 is 16.2 Å². The highest BCUT2D eigenvalue weighted by Crippen LogP contribution is 2.24. The molecule has 0 saturated heterocycles. The van der Waals surface area contributed by atoms with E-state index in [0.29, 0.717) is 0 Å². The number of fused-ring (bicyclic) bond motifs is 2. The van der Waals surface area contributed by atoms with Crippen LogP contribution in [0.2, 0.25) is 0 Å². The normalized spacial score (nSPS) is 11.2. The highest BCUT2D eigenvalue weighted by Gasteiger charge is 2.17.